The van der Waals surface area contributed by atoms with Crippen LogP contribution in [0, 0.1) is 0 Å². The number of allylic oxidation sites excluding steroid dienone is 4. The van der Waals surface area contributed by atoms with Crippen molar-refractivity contribution < 1.29 is 4.74 Å². The molecule has 2 nitrogen and oxygen atoms in total. The lowest BCUT2D eigenvalue weighted by Gasteiger charge is -2.24. The van der Waals surface area contributed by atoms with Crippen molar-refractivity contribution in [1.82, 2.24) is 4.98 Å². The van der Waals surface area contributed by atoms with Crippen LogP contribution in [0.15, 0.2) is 36.4 Å². The standard InChI is InChI=1S/C12H11NO/c1-2-4-12-11(3-1)10-5-6-13-7-9(10)8-14-12/h1,3,5-7H,2,4,8H2. The van der Waals surface area contributed by atoms with Crippen molar-refractivity contribution in [2.45, 2.75) is 19.4 Å². The maximum Gasteiger partial charge on any atom is 0.115 e. The Balaban J connectivity index is 2.19. The summed E-state index contributed by atoms with van der Waals surface area (Å²) in [7, 11) is 0. The number of fused-ring (bicyclic) bond motifs is 2. The fourth-order valence-electron chi connectivity index (χ4n) is 2.00. The Kier molecular flexibility index (Phi) is 1.66. The Hall–Kier alpha value is -1.57. The lowest BCUT2D eigenvalue weighted by atomic mass is 9.94. The van der Waals surface area contributed by atoms with E-state index in [-0.39, 0.29) is 0 Å². The van der Waals surface area contributed by atoms with E-state index in [9.17, 15) is 0 Å². The van der Waals surface area contributed by atoms with Crippen molar-refractivity contribution in [3.05, 3.63) is 47.5 Å². The molecule has 0 bridgehead atoms. The summed E-state index contributed by atoms with van der Waals surface area (Å²) in [5.74, 6) is 1.14. The fraction of sp³-hybridized carbons (Fsp3) is 0.250. The van der Waals surface area contributed by atoms with Gasteiger partial charge in [-0.3, -0.25) is 4.98 Å². The van der Waals surface area contributed by atoms with Crippen LogP contribution in [-0.4, -0.2) is 4.98 Å². The third-order valence-electron chi connectivity index (χ3n) is 2.72. The largest absolute Gasteiger partial charge is 0.493 e. The highest BCUT2D eigenvalue weighted by molar-refractivity contribution is 5.79. The van der Waals surface area contributed by atoms with E-state index >= 15 is 0 Å². The maximum absolute atomic E-state index is 5.70. The molecule has 0 N–H and O–H groups in total. The molecule has 0 aromatic carbocycles. The molecule has 1 aliphatic carbocycles. The molecule has 0 spiro atoms. The number of nitrogens with zero attached hydrogens (tertiary/aromatic N) is 1. The number of ether oxygens (including phenoxy) is 1. The summed E-state index contributed by atoms with van der Waals surface area (Å²) in [6.07, 6.45) is 10.2. The van der Waals surface area contributed by atoms with Gasteiger partial charge in [0.25, 0.3) is 0 Å². The number of hydrogen-bond acceptors (Lipinski definition) is 2. The van der Waals surface area contributed by atoms with Crippen molar-refractivity contribution in [2.24, 2.45) is 0 Å². The van der Waals surface area contributed by atoms with E-state index in [0.717, 1.165) is 18.6 Å². The minimum atomic E-state index is 0.676. The molecule has 2 heteroatoms. The van der Waals surface area contributed by atoms with Gasteiger partial charge in [0.2, 0.25) is 0 Å². The predicted octanol–water partition coefficient (Wildman–Crippen LogP) is 2.67. The summed E-state index contributed by atoms with van der Waals surface area (Å²) in [4.78, 5) is 4.11. The Morgan fingerprint density at radius 2 is 2.36 bits per heavy atom. The zero-order valence-corrected chi connectivity index (χ0v) is 7.86. The Bertz CT molecular complexity index is 432. The minimum Gasteiger partial charge on any atom is -0.493 e. The van der Waals surface area contributed by atoms with E-state index in [1.165, 1.54) is 16.7 Å². The number of pyridine rings is 1. The summed E-state index contributed by atoms with van der Waals surface area (Å²) in [5, 5.41) is 0. The van der Waals surface area contributed by atoms with E-state index < -0.39 is 0 Å². The van der Waals surface area contributed by atoms with Gasteiger partial charge in [-0.25, -0.2) is 0 Å². The molecule has 0 unspecified atom stereocenters. The van der Waals surface area contributed by atoms with Gasteiger partial charge in [-0.05, 0) is 18.1 Å². The van der Waals surface area contributed by atoms with Crippen LogP contribution >= 0.6 is 0 Å². The Morgan fingerprint density at radius 3 is 3.36 bits per heavy atom. The molecular weight excluding hydrogens is 174 g/mol. The molecule has 14 heavy (non-hydrogen) atoms. The van der Waals surface area contributed by atoms with E-state index in [1.54, 1.807) is 0 Å². The molecule has 0 saturated carbocycles. The molecule has 70 valence electrons. The van der Waals surface area contributed by atoms with Gasteiger partial charge in [0, 0.05) is 30.0 Å². The van der Waals surface area contributed by atoms with E-state index in [2.05, 4.69) is 23.2 Å². The van der Waals surface area contributed by atoms with Crippen LogP contribution in [0.1, 0.15) is 24.0 Å². The highest BCUT2D eigenvalue weighted by Gasteiger charge is 2.19. The molecule has 2 heterocycles. The number of hydrogen-bond donors (Lipinski definition) is 0. The molecule has 0 radical (unpaired) electrons. The van der Waals surface area contributed by atoms with Crippen molar-refractivity contribution >= 4 is 5.57 Å². The van der Waals surface area contributed by atoms with Crippen LogP contribution in [0.5, 0.6) is 0 Å². The van der Waals surface area contributed by atoms with E-state index in [1.807, 2.05) is 12.4 Å². The zero-order chi connectivity index (χ0) is 9.38. The van der Waals surface area contributed by atoms with Crippen molar-refractivity contribution in [2.75, 3.05) is 0 Å². The summed E-state index contributed by atoms with van der Waals surface area (Å²) >= 11 is 0. The lowest BCUT2D eigenvalue weighted by molar-refractivity contribution is 0.185. The second-order valence-corrected chi connectivity index (χ2v) is 3.60. The average molecular weight is 185 g/mol. The summed E-state index contributed by atoms with van der Waals surface area (Å²) in [5.41, 5.74) is 3.73. The van der Waals surface area contributed by atoms with Crippen LogP contribution in [0.3, 0.4) is 0 Å². The predicted molar refractivity (Wildman–Crippen MR) is 54.3 cm³/mol. The maximum atomic E-state index is 5.70. The van der Waals surface area contributed by atoms with Gasteiger partial charge in [0.1, 0.15) is 12.4 Å². The Labute approximate surface area is 82.9 Å². The third-order valence-corrected chi connectivity index (χ3v) is 2.72. The molecule has 2 aliphatic rings. The van der Waals surface area contributed by atoms with Gasteiger partial charge in [0.15, 0.2) is 0 Å². The first kappa shape index (κ1) is 7.80. The van der Waals surface area contributed by atoms with Crippen molar-refractivity contribution in [3.8, 4) is 0 Å². The first-order chi connectivity index (χ1) is 6.95. The smallest absolute Gasteiger partial charge is 0.115 e. The SMILES string of the molecule is C1=CC2=C(CC1)OCc1cnccc12. The van der Waals surface area contributed by atoms with Crippen LogP contribution in [0.4, 0.5) is 0 Å². The molecule has 1 aliphatic heterocycles. The van der Waals surface area contributed by atoms with Crippen LogP contribution < -0.4 is 0 Å². The highest BCUT2D eigenvalue weighted by Crippen LogP contribution is 2.34. The van der Waals surface area contributed by atoms with Gasteiger partial charge in [-0.1, -0.05) is 12.2 Å². The van der Waals surface area contributed by atoms with Gasteiger partial charge in [0.05, 0.1) is 0 Å². The summed E-state index contributed by atoms with van der Waals surface area (Å²) in [6, 6.07) is 2.07. The summed E-state index contributed by atoms with van der Waals surface area (Å²) in [6.45, 7) is 0.676. The zero-order valence-electron chi connectivity index (χ0n) is 7.86. The second kappa shape index (κ2) is 2.98. The number of aromatic nitrogens is 1. The van der Waals surface area contributed by atoms with Gasteiger partial charge in [-0.15, -0.1) is 0 Å². The van der Waals surface area contributed by atoms with Crippen molar-refractivity contribution in [1.29, 1.82) is 0 Å². The molecule has 0 fully saturated rings. The van der Waals surface area contributed by atoms with Gasteiger partial charge >= 0.3 is 0 Å². The molecule has 0 amide bonds. The molecule has 1 aromatic rings. The van der Waals surface area contributed by atoms with Crippen LogP contribution in [0.2, 0.25) is 0 Å². The Morgan fingerprint density at radius 1 is 1.36 bits per heavy atom. The third kappa shape index (κ3) is 1.07. The molecule has 0 saturated heterocycles. The van der Waals surface area contributed by atoms with Crippen LogP contribution in [-0.2, 0) is 11.3 Å². The van der Waals surface area contributed by atoms with Crippen LogP contribution in [0.25, 0.3) is 5.57 Å². The first-order valence-corrected chi connectivity index (χ1v) is 4.91. The second-order valence-electron chi connectivity index (χ2n) is 3.60. The molecule has 0 atom stereocenters. The van der Waals surface area contributed by atoms with Gasteiger partial charge < -0.3 is 4.74 Å². The minimum absolute atomic E-state index is 0.676. The van der Waals surface area contributed by atoms with Crippen molar-refractivity contribution in [3.63, 3.8) is 0 Å². The number of rotatable bonds is 0. The lowest BCUT2D eigenvalue weighted by Crippen LogP contribution is -2.08. The fourth-order valence-corrected chi connectivity index (χ4v) is 2.00. The van der Waals surface area contributed by atoms with E-state index in [0.29, 0.717) is 6.61 Å². The monoisotopic (exact) mass is 185 g/mol. The van der Waals surface area contributed by atoms with E-state index in [4.69, 9.17) is 4.74 Å². The average Bonchev–Trinajstić information content (AvgIpc) is 2.29. The molecular formula is C12H11NO. The quantitative estimate of drug-likeness (QED) is 0.620. The normalized spacial score (nSPS) is 18.6. The highest BCUT2D eigenvalue weighted by atomic mass is 16.5. The first-order valence-electron chi connectivity index (χ1n) is 4.91. The molecule has 1 aromatic heterocycles. The topological polar surface area (TPSA) is 22.1 Å². The molecule has 3 rings (SSSR count). The van der Waals surface area contributed by atoms with Gasteiger partial charge in [-0.2, -0.15) is 0 Å². The summed E-state index contributed by atoms with van der Waals surface area (Å²) < 4.78 is 5.70.